The predicted molar refractivity (Wildman–Crippen MR) is 107 cm³/mol. The minimum absolute atomic E-state index is 0.0778. The summed E-state index contributed by atoms with van der Waals surface area (Å²) < 4.78 is 41.0. The molecule has 5 nitrogen and oxygen atoms in total. The molecule has 1 aliphatic rings. The van der Waals surface area contributed by atoms with Crippen LogP contribution in [0.1, 0.15) is 22.9 Å². The van der Waals surface area contributed by atoms with Gasteiger partial charge < -0.3 is 5.11 Å². The molecule has 2 heterocycles. The van der Waals surface area contributed by atoms with Gasteiger partial charge in [-0.25, -0.2) is 13.2 Å². The molecule has 1 aromatic heterocycles. The number of anilines is 1. The molecule has 31 heavy (non-hydrogen) atoms. The van der Waals surface area contributed by atoms with Gasteiger partial charge in [-0.2, -0.15) is 0 Å². The molecule has 1 saturated heterocycles. The first-order valence-corrected chi connectivity index (χ1v) is 9.23. The predicted octanol–water partition coefficient (Wildman–Crippen LogP) is 4.43. The van der Waals surface area contributed by atoms with Crippen LogP contribution in [0, 0.1) is 24.4 Å². The minimum atomic E-state index is -1.20. The van der Waals surface area contributed by atoms with Crippen LogP contribution in [0.15, 0.2) is 66.4 Å². The molecule has 0 spiro atoms. The second kappa shape index (κ2) is 7.71. The fraction of sp³-hybridized carbons (Fsp3) is 0.0870. The van der Waals surface area contributed by atoms with Crippen molar-refractivity contribution in [1.29, 1.82) is 0 Å². The Labute approximate surface area is 175 Å². The molecule has 1 unspecified atom stereocenters. The highest BCUT2D eigenvalue weighted by molar-refractivity contribution is 6.51. The van der Waals surface area contributed by atoms with Crippen LogP contribution < -0.4 is 4.90 Å². The number of halogens is 3. The van der Waals surface area contributed by atoms with E-state index >= 15 is 0 Å². The molecular weight excluding hydrogens is 409 g/mol. The molecule has 156 valence electrons. The smallest absolute Gasteiger partial charge is 0.300 e. The fourth-order valence-corrected chi connectivity index (χ4v) is 3.50. The first-order valence-electron chi connectivity index (χ1n) is 9.23. The number of hydrogen-bond acceptors (Lipinski definition) is 4. The van der Waals surface area contributed by atoms with Crippen molar-refractivity contribution in [3.8, 4) is 0 Å². The lowest BCUT2D eigenvalue weighted by Crippen LogP contribution is -2.30. The third kappa shape index (κ3) is 3.46. The molecule has 1 N–H and O–H groups in total. The summed E-state index contributed by atoms with van der Waals surface area (Å²) in [4.78, 5) is 30.9. The van der Waals surface area contributed by atoms with E-state index in [1.807, 2.05) is 0 Å². The normalized spacial score (nSPS) is 17.9. The maximum Gasteiger partial charge on any atom is 0.300 e. The summed E-state index contributed by atoms with van der Waals surface area (Å²) in [6, 6.07) is 10.1. The third-order valence-electron chi connectivity index (χ3n) is 5.03. The summed E-state index contributed by atoms with van der Waals surface area (Å²) in [5.74, 6) is -5.41. The molecule has 8 heteroatoms. The Morgan fingerprint density at radius 3 is 2.35 bits per heavy atom. The topological polar surface area (TPSA) is 70.5 Å². The molecule has 4 rings (SSSR count). The van der Waals surface area contributed by atoms with E-state index in [9.17, 15) is 27.9 Å². The number of carbonyl (C=O) groups excluding carboxylic acids is 2. The average Bonchev–Trinajstić information content (AvgIpc) is 3.03. The maximum absolute atomic E-state index is 13.9. The Kier molecular flexibility index (Phi) is 5.06. The number of amides is 1. The summed E-state index contributed by atoms with van der Waals surface area (Å²) in [7, 11) is 0. The number of benzene rings is 2. The Balaban J connectivity index is 1.95. The summed E-state index contributed by atoms with van der Waals surface area (Å²) in [5.41, 5.74) is 0.216. The number of carbonyl (C=O) groups is 2. The SMILES string of the molecule is Cc1cc(/C(O)=C2\C(=O)C(=O)N(c3ccc(F)c(F)c3)C2c2ccccn2)ccc1F. The second-order valence-electron chi connectivity index (χ2n) is 6.99. The maximum atomic E-state index is 13.9. The highest BCUT2D eigenvalue weighted by Crippen LogP contribution is 2.41. The zero-order valence-corrected chi connectivity index (χ0v) is 16.1. The first kappa shape index (κ1) is 20.3. The Hall–Kier alpha value is -3.94. The number of Topliss-reactive ketones (excluding diaryl/α,β-unsaturated/α-hetero) is 1. The van der Waals surface area contributed by atoms with Crippen LogP contribution in [-0.2, 0) is 9.59 Å². The minimum Gasteiger partial charge on any atom is -0.507 e. The summed E-state index contributed by atoms with van der Waals surface area (Å²) in [5, 5.41) is 10.9. The Morgan fingerprint density at radius 1 is 0.968 bits per heavy atom. The highest BCUT2D eigenvalue weighted by atomic mass is 19.2. The summed E-state index contributed by atoms with van der Waals surface area (Å²) in [6.45, 7) is 1.49. The molecule has 0 saturated carbocycles. The number of hydrogen-bond donors (Lipinski definition) is 1. The zero-order valence-electron chi connectivity index (χ0n) is 16.1. The average molecular weight is 424 g/mol. The number of ketones is 1. The second-order valence-corrected chi connectivity index (χ2v) is 6.99. The first-order chi connectivity index (χ1) is 14.8. The van der Waals surface area contributed by atoms with Crippen LogP contribution in [0.25, 0.3) is 5.76 Å². The van der Waals surface area contributed by atoms with Gasteiger partial charge in [0.25, 0.3) is 11.7 Å². The number of aromatic nitrogens is 1. The molecule has 1 atom stereocenters. The van der Waals surface area contributed by atoms with Gasteiger partial charge in [0, 0.05) is 23.5 Å². The van der Waals surface area contributed by atoms with E-state index in [0.29, 0.717) is 0 Å². The van der Waals surface area contributed by atoms with Crippen molar-refractivity contribution < 1.29 is 27.9 Å². The molecule has 1 fully saturated rings. The number of aryl methyl sites for hydroxylation is 1. The quantitative estimate of drug-likeness (QED) is 0.384. The molecule has 0 bridgehead atoms. The van der Waals surface area contributed by atoms with E-state index in [4.69, 9.17) is 0 Å². The Bertz CT molecular complexity index is 1240. The van der Waals surface area contributed by atoms with Crippen molar-refractivity contribution in [1.82, 2.24) is 4.98 Å². The number of aliphatic hydroxyl groups is 1. The molecular formula is C23H15F3N2O3. The number of pyridine rings is 1. The van der Waals surface area contributed by atoms with E-state index in [2.05, 4.69) is 4.98 Å². The van der Waals surface area contributed by atoms with Crippen molar-refractivity contribution >= 4 is 23.1 Å². The van der Waals surface area contributed by atoms with E-state index in [0.717, 1.165) is 29.2 Å². The standard InChI is InChI=1S/C23H15F3N2O3/c1-12-10-13(5-7-15(12)24)21(29)19-20(18-4-2-3-9-27-18)28(23(31)22(19)30)14-6-8-16(25)17(26)11-14/h2-11,20,29H,1H3/b21-19+. The lowest BCUT2D eigenvalue weighted by molar-refractivity contribution is -0.132. The zero-order chi connectivity index (χ0) is 22.3. The number of rotatable bonds is 3. The van der Waals surface area contributed by atoms with Gasteiger partial charge in [0.1, 0.15) is 17.6 Å². The van der Waals surface area contributed by atoms with Gasteiger partial charge in [-0.3, -0.25) is 19.5 Å². The lowest BCUT2D eigenvalue weighted by Gasteiger charge is -2.24. The van der Waals surface area contributed by atoms with Crippen molar-refractivity contribution in [2.45, 2.75) is 13.0 Å². The highest BCUT2D eigenvalue weighted by Gasteiger charge is 2.47. The fourth-order valence-electron chi connectivity index (χ4n) is 3.50. The monoisotopic (exact) mass is 424 g/mol. The summed E-state index contributed by atoms with van der Waals surface area (Å²) >= 11 is 0. The number of aliphatic hydroxyl groups excluding tert-OH is 1. The van der Waals surface area contributed by atoms with Crippen LogP contribution in [0.2, 0.25) is 0 Å². The third-order valence-corrected chi connectivity index (χ3v) is 5.03. The lowest BCUT2D eigenvalue weighted by atomic mass is 9.97. The van der Waals surface area contributed by atoms with Crippen molar-refractivity contribution in [3.63, 3.8) is 0 Å². The number of nitrogens with zero attached hydrogens (tertiary/aromatic N) is 2. The van der Waals surface area contributed by atoms with E-state index < -0.39 is 40.9 Å². The van der Waals surface area contributed by atoms with Crippen LogP contribution >= 0.6 is 0 Å². The van der Waals surface area contributed by atoms with E-state index in [-0.39, 0.29) is 28.1 Å². The van der Waals surface area contributed by atoms with Crippen LogP contribution in [0.3, 0.4) is 0 Å². The van der Waals surface area contributed by atoms with Gasteiger partial charge in [0.05, 0.1) is 11.3 Å². The van der Waals surface area contributed by atoms with Crippen LogP contribution in [-0.4, -0.2) is 21.8 Å². The molecule has 0 radical (unpaired) electrons. The Morgan fingerprint density at radius 2 is 1.71 bits per heavy atom. The largest absolute Gasteiger partial charge is 0.507 e. The molecule has 1 aliphatic heterocycles. The van der Waals surface area contributed by atoms with Gasteiger partial charge >= 0.3 is 0 Å². The summed E-state index contributed by atoms with van der Waals surface area (Å²) in [6.07, 6.45) is 1.43. The van der Waals surface area contributed by atoms with Crippen molar-refractivity contribution in [2.75, 3.05) is 4.90 Å². The van der Waals surface area contributed by atoms with Gasteiger partial charge in [-0.15, -0.1) is 0 Å². The molecule has 1 amide bonds. The van der Waals surface area contributed by atoms with Gasteiger partial charge in [-0.1, -0.05) is 6.07 Å². The van der Waals surface area contributed by atoms with E-state index in [1.165, 1.54) is 31.3 Å². The van der Waals surface area contributed by atoms with Crippen LogP contribution in [0.4, 0.5) is 18.9 Å². The van der Waals surface area contributed by atoms with Crippen LogP contribution in [0.5, 0.6) is 0 Å². The molecule has 2 aromatic carbocycles. The van der Waals surface area contributed by atoms with E-state index in [1.54, 1.807) is 12.1 Å². The van der Waals surface area contributed by atoms with Crippen molar-refractivity contribution in [2.24, 2.45) is 0 Å². The van der Waals surface area contributed by atoms with Gasteiger partial charge in [0.2, 0.25) is 0 Å². The molecule has 3 aromatic rings. The van der Waals surface area contributed by atoms with Crippen molar-refractivity contribution in [3.05, 3.63) is 101 Å². The molecule has 0 aliphatic carbocycles. The van der Waals surface area contributed by atoms with Gasteiger partial charge in [-0.05, 0) is 55.0 Å². The van der Waals surface area contributed by atoms with Gasteiger partial charge in [0.15, 0.2) is 11.6 Å².